The maximum atomic E-state index is 13.5. The quantitative estimate of drug-likeness (QED) is 0.240. The number of aliphatic hydroxyl groups is 3. The first-order valence-electron chi connectivity index (χ1n) is 14.0. The zero-order chi connectivity index (χ0) is 28.4. The van der Waals surface area contributed by atoms with Crippen molar-refractivity contribution in [2.24, 2.45) is 5.92 Å². The number of carbonyl (C=O) groups is 2. The van der Waals surface area contributed by atoms with E-state index in [1.807, 2.05) is 6.92 Å². The summed E-state index contributed by atoms with van der Waals surface area (Å²) in [6.07, 6.45) is 7.42. The summed E-state index contributed by atoms with van der Waals surface area (Å²) in [4.78, 5) is 28.4. The molecule has 9 nitrogen and oxygen atoms in total. The van der Waals surface area contributed by atoms with Crippen molar-refractivity contribution < 1.29 is 34.4 Å². The Labute approximate surface area is 245 Å². The van der Waals surface area contributed by atoms with Crippen LogP contribution in [0.5, 0.6) is 11.5 Å². The molecular weight excluding hydrogens is 615 g/mol. The van der Waals surface area contributed by atoms with Gasteiger partial charge in [0.05, 0.1) is 29.9 Å². The van der Waals surface area contributed by atoms with Crippen LogP contribution in [0.2, 0.25) is 0 Å². The van der Waals surface area contributed by atoms with Gasteiger partial charge in [-0.1, -0.05) is 32.6 Å². The van der Waals surface area contributed by atoms with E-state index in [0.29, 0.717) is 45.1 Å². The second-order valence-electron chi connectivity index (χ2n) is 10.4. The number of benzene rings is 1. The molecule has 2 amide bonds. The molecule has 0 aromatic heterocycles. The number of aliphatic hydroxyl groups excluding tert-OH is 3. The highest BCUT2D eigenvalue weighted by Gasteiger charge is 2.41. The van der Waals surface area contributed by atoms with E-state index in [1.165, 1.54) is 13.5 Å². The number of hydrogen-bond donors (Lipinski definition) is 4. The number of nitrogens with zero attached hydrogens (tertiary/aromatic N) is 1. The molecule has 0 saturated heterocycles. The van der Waals surface area contributed by atoms with Crippen molar-refractivity contribution in [3.05, 3.63) is 32.9 Å². The van der Waals surface area contributed by atoms with Gasteiger partial charge in [0.15, 0.2) is 11.5 Å². The fourth-order valence-corrected chi connectivity index (χ4v) is 6.23. The highest BCUT2D eigenvalue weighted by molar-refractivity contribution is 14.1. The SMILES string of the molecule is CCCCC(=O)N(CC1CCCCC1)C1CC(C(=O)NCCO)=CC(Oc2c(I)cc(CO)cc2OC)C1O. The molecule has 0 bridgehead atoms. The Balaban J connectivity index is 1.97. The summed E-state index contributed by atoms with van der Waals surface area (Å²) in [5, 5.41) is 33.2. The van der Waals surface area contributed by atoms with Crippen LogP contribution in [-0.2, 0) is 16.2 Å². The van der Waals surface area contributed by atoms with Gasteiger partial charge in [-0.05, 0) is 71.5 Å². The minimum atomic E-state index is -1.08. The van der Waals surface area contributed by atoms with E-state index in [4.69, 9.17) is 9.47 Å². The van der Waals surface area contributed by atoms with Gasteiger partial charge in [-0.15, -0.1) is 0 Å². The smallest absolute Gasteiger partial charge is 0.247 e. The molecule has 1 fully saturated rings. The van der Waals surface area contributed by atoms with Gasteiger partial charge in [-0.2, -0.15) is 0 Å². The van der Waals surface area contributed by atoms with Crippen molar-refractivity contribution in [2.45, 2.75) is 89.6 Å². The average molecular weight is 659 g/mol. The number of halogens is 1. The average Bonchev–Trinajstić information content (AvgIpc) is 2.95. The first kappa shape index (κ1) is 31.6. The molecule has 0 aliphatic heterocycles. The monoisotopic (exact) mass is 658 g/mol. The van der Waals surface area contributed by atoms with Crippen LogP contribution in [0.3, 0.4) is 0 Å². The number of rotatable bonds is 13. The summed E-state index contributed by atoms with van der Waals surface area (Å²) in [6.45, 7) is 2.34. The zero-order valence-corrected chi connectivity index (χ0v) is 25.2. The zero-order valence-electron chi connectivity index (χ0n) is 23.0. The standard InChI is InChI=1S/C29H43IN2O7/c1-3-4-10-26(35)32(17-19-8-6-5-7-9-19)23-15-21(29(37)31-11-12-33)16-24(27(23)36)39-28-22(30)13-20(18-34)14-25(28)38-2/h13-14,16,19,23-24,27,33-34,36H,3-12,15,17-18H2,1-2H3,(H,31,37). The fraction of sp³-hybridized carbons (Fsp3) is 0.655. The minimum absolute atomic E-state index is 0.0123. The predicted octanol–water partition coefficient (Wildman–Crippen LogP) is 3.31. The molecule has 0 heterocycles. The first-order chi connectivity index (χ1) is 18.8. The van der Waals surface area contributed by atoms with Gasteiger partial charge < -0.3 is 35.0 Å². The first-order valence-corrected chi connectivity index (χ1v) is 15.1. The normalized spacial score (nSPS) is 21.7. The molecule has 39 heavy (non-hydrogen) atoms. The van der Waals surface area contributed by atoms with E-state index in [9.17, 15) is 24.9 Å². The molecule has 4 N–H and O–H groups in total. The second kappa shape index (κ2) is 15.8. The lowest BCUT2D eigenvalue weighted by Crippen LogP contribution is -2.56. The molecule has 218 valence electrons. The van der Waals surface area contributed by atoms with Crippen LogP contribution < -0.4 is 14.8 Å². The molecule has 0 radical (unpaired) electrons. The number of unbranched alkanes of at least 4 members (excludes halogenated alkanes) is 1. The van der Waals surface area contributed by atoms with Crippen molar-refractivity contribution in [3.63, 3.8) is 0 Å². The lowest BCUT2D eigenvalue weighted by atomic mass is 9.85. The van der Waals surface area contributed by atoms with Gasteiger partial charge in [0, 0.05) is 31.5 Å². The lowest BCUT2D eigenvalue weighted by molar-refractivity contribution is -0.140. The van der Waals surface area contributed by atoms with Crippen LogP contribution in [0.1, 0.15) is 70.3 Å². The van der Waals surface area contributed by atoms with Crippen molar-refractivity contribution in [2.75, 3.05) is 26.8 Å². The van der Waals surface area contributed by atoms with Crippen LogP contribution in [0.4, 0.5) is 0 Å². The van der Waals surface area contributed by atoms with E-state index in [0.717, 1.165) is 38.5 Å². The number of carbonyl (C=O) groups excluding carboxylic acids is 2. The van der Waals surface area contributed by atoms with Crippen LogP contribution in [0.15, 0.2) is 23.8 Å². The summed E-state index contributed by atoms with van der Waals surface area (Å²) >= 11 is 2.09. The maximum Gasteiger partial charge on any atom is 0.247 e. The van der Waals surface area contributed by atoms with Crippen molar-refractivity contribution in [1.29, 1.82) is 0 Å². The third-order valence-electron chi connectivity index (χ3n) is 7.58. The van der Waals surface area contributed by atoms with E-state index >= 15 is 0 Å². The molecule has 0 spiro atoms. The molecule has 1 aromatic rings. The van der Waals surface area contributed by atoms with Gasteiger partial charge in [-0.25, -0.2) is 0 Å². The third-order valence-corrected chi connectivity index (χ3v) is 8.39. The molecule has 3 unspecified atom stereocenters. The van der Waals surface area contributed by atoms with E-state index < -0.39 is 18.2 Å². The molecule has 3 atom stereocenters. The minimum Gasteiger partial charge on any atom is -0.493 e. The summed E-state index contributed by atoms with van der Waals surface area (Å²) in [7, 11) is 1.50. The van der Waals surface area contributed by atoms with Gasteiger partial charge in [0.1, 0.15) is 12.2 Å². The van der Waals surface area contributed by atoms with Gasteiger partial charge in [-0.3, -0.25) is 9.59 Å². The second-order valence-corrected chi connectivity index (χ2v) is 11.6. The highest BCUT2D eigenvalue weighted by Crippen LogP contribution is 2.37. The van der Waals surface area contributed by atoms with E-state index in [-0.39, 0.29) is 38.0 Å². The number of methoxy groups -OCH3 is 1. The predicted molar refractivity (Wildman–Crippen MR) is 156 cm³/mol. The van der Waals surface area contributed by atoms with E-state index in [1.54, 1.807) is 23.1 Å². The number of amides is 2. The van der Waals surface area contributed by atoms with E-state index in [2.05, 4.69) is 27.9 Å². The third kappa shape index (κ3) is 8.55. The highest BCUT2D eigenvalue weighted by atomic mass is 127. The van der Waals surface area contributed by atoms with Gasteiger partial charge in [0.25, 0.3) is 0 Å². The van der Waals surface area contributed by atoms with Gasteiger partial charge >= 0.3 is 0 Å². The van der Waals surface area contributed by atoms with Crippen LogP contribution in [0, 0.1) is 9.49 Å². The Morgan fingerprint density at radius 1 is 1.18 bits per heavy atom. The van der Waals surface area contributed by atoms with Gasteiger partial charge in [0.2, 0.25) is 11.8 Å². The molecule has 2 aliphatic rings. The molecular formula is C29H43IN2O7. The lowest BCUT2D eigenvalue weighted by Gasteiger charge is -2.42. The summed E-state index contributed by atoms with van der Waals surface area (Å²) in [5.74, 6) is 0.785. The Morgan fingerprint density at radius 3 is 2.56 bits per heavy atom. The van der Waals surface area contributed by atoms with Crippen molar-refractivity contribution in [3.8, 4) is 11.5 Å². The maximum absolute atomic E-state index is 13.5. The van der Waals surface area contributed by atoms with Crippen LogP contribution in [-0.4, -0.2) is 77.1 Å². The number of hydrogen-bond acceptors (Lipinski definition) is 7. The number of nitrogens with one attached hydrogen (secondary N) is 1. The summed E-state index contributed by atoms with van der Waals surface area (Å²) < 4.78 is 12.5. The summed E-state index contributed by atoms with van der Waals surface area (Å²) in [5.41, 5.74) is 1.06. The van der Waals surface area contributed by atoms with Crippen LogP contribution in [0.25, 0.3) is 0 Å². The van der Waals surface area contributed by atoms with Crippen molar-refractivity contribution in [1.82, 2.24) is 10.2 Å². The molecule has 1 aromatic carbocycles. The molecule has 3 rings (SSSR count). The Morgan fingerprint density at radius 2 is 1.92 bits per heavy atom. The topological polar surface area (TPSA) is 129 Å². The molecule has 1 saturated carbocycles. The Hall–Kier alpha value is -1.89. The van der Waals surface area contributed by atoms with Crippen molar-refractivity contribution >= 4 is 34.4 Å². The van der Waals surface area contributed by atoms with Crippen LogP contribution >= 0.6 is 22.6 Å². The largest absolute Gasteiger partial charge is 0.493 e. The molecule has 10 heteroatoms. The fourth-order valence-electron chi connectivity index (χ4n) is 5.44. The Kier molecular flexibility index (Phi) is 12.8. The Bertz CT molecular complexity index is 996. The summed E-state index contributed by atoms with van der Waals surface area (Å²) in [6, 6.07) is 2.81. The molecule has 2 aliphatic carbocycles. The number of ether oxygens (including phenoxy) is 2.